The molecular weight excluding hydrogens is 327 g/mol. The first-order chi connectivity index (χ1) is 10.7. The summed E-state index contributed by atoms with van der Waals surface area (Å²) in [7, 11) is 0. The maximum Gasteiger partial charge on any atom is 0.183 e. The number of benzene rings is 1. The van der Waals surface area contributed by atoms with Gasteiger partial charge in [0.2, 0.25) is 0 Å². The van der Waals surface area contributed by atoms with Crippen molar-refractivity contribution in [3.05, 3.63) is 39.6 Å². The number of aromatic nitrogens is 1. The van der Waals surface area contributed by atoms with Gasteiger partial charge in [-0.15, -0.1) is 11.3 Å². The first kappa shape index (κ1) is 15.5. The van der Waals surface area contributed by atoms with Gasteiger partial charge in [0, 0.05) is 35.7 Å². The highest BCUT2D eigenvalue weighted by molar-refractivity contribution is 7.15. The second-order valence-electron chi connectivity index (χ2n) is 5.01. The number of hydrogen-bond acceptors (Lipinski definition) is 5. The molecule has 4 nitrogen and oxygen atoms in total. The fraction of sp³-hybridized carbons (Fsp3) is 0.400. The van der Waals surface area contributed by atoms with Gasteiger partial charge in [-0.05, 0) is 12.1 Å². The number of thiazole rings is 1. The molecule has 2 heterocycles. The molecule has 0 atom stereocenters. The van der Waals surface area contributed by atoms with Crippen molar-refractivity contribution in [1.29, 1.82) is 0 Å². The Morgan fingerprint density at radius 2 is 2.23 bits per heavy atom. The molecule has 0 spiro atoms. The number of nitrogens with zero attached hydrogens (tertiary/aromatic N) is 1. The van der Waals surface area contributed by atoms with E-state index in [2.05, 4.69) is 10.3 Å². The first-order valence-electron chi connectivity index (χ1n) is 7.09. The van der Waals surface area contributed by atoms with Crippen LogP contribution in [-0.4, -0.2) is 24.3 Å². The van der Waals surface area contributed by atoms with Gasteiger partial charge in [0.25, 0.3) is 0 Å². The molecule has 1 aromatic carbocycles. The van der Waals surface area contributed by atoms with Crippen LogP contribution in [0.1, 0.15) is 17.7 Å². The summed E-state index contributed by atoms with van der Waals surface area (Å²) in [6.45, 7) is 1.90. The molecule has 22 heavy (non-hydrogen) atoms. The Bertz CT molecular complexity index is 632. The summed E-state index contributed by atoms with van der Waals surface area (Å²) in [5.74, 6) is -0.0721. The second-order valence-corrected chi connectivity index (χ2v) is 6.71. The lowest BCUT2D eigenvalue weighted by molar-refractivity contribution is 0.0240. The normalized spacial score (nSPS) is 15.7. The fourth-order valence-corrected chi connectivity index (χ4v) is 3.15. The molecule has 0 bridgehead atoms. The van der Waals surface area contributed by atoms with Gasteiger partial charge in [0.1, 0.15) is 6.10 Å². The molecule has 118 valence electrons. The summed E-state index contributed by atoms with van der Waals surface area (Å²) < 4.78 is 25.6. The van der Waals surface area contributed by atoms with Crippen molar-refractivity contribution < 1.29 is 13.9 Å². The van der Waals surface area contributed by atoms with Gasteiger partial charge in [-0.25, -0.2) is 9.37 Å². The van der Waals surface area contributed by atoms with Crippen molar-refractivity contribution in [1.82, 2.24) is 4.98 Å². The lowest BCUT2D eigenvalue weighted by atomic mass is 10.1. The molecule has 1 aliphatic rings. The molecule has 2 aromatic rings. The summed E-state index contributed by atoms with van der Waals surface area (Å²) in [5, 5.41) is 3.14. The fourth-order valence-electron chi connectivity index (χ4n) is 2.23. The Kier molecular flexibility index (Phi) is 5.12. The zero-order chi connectivity index (χ0) is 15.4. The van der Waals surface area contributed by atoms with E-state index in [4.69, 9.17) is 21.1 Å². The molecule has 0 aliphatic carbocycles. The third-order valence-corrected chi connectivity index (χ3v) is 4.50. The van der Waals surface area contributed by atoms with Crippen LogP contribution in [0.3, 0.4) is 0 Å². The standard InChI is InChI=1S/C15H16ClFN2O2S/c16-15-19-9-12(22-15)8-18-10-1-2-14(13(17)7-10)21-11-3-5-20-6-4-11/h1-2,7,9,11,18H,3-6,8H2. The van der Waals surface area contributed by atoms with Crippen LogP contribution in [0.2, 0.25) is 4.47 Å². The molecule has 1 aromatic heterocycles. The van der Waals surface area contributed by atoms with Gasteiger partial charge in [-0.3, -0.25) is 0 Å². The van der Waals surface area contributed by atoms with E-state index in [0.29, 0.717) is 35.7 Å². The van der Waals surface area contributed by atoms with Gasteiger partial charge in [0.15, 0.2) is 16.0 Å². The van der Waals surface area contributed by atoms with E-state index >= 15 is 0 Å². The molecule has 0 unspecified atom stereocenters. The van der Waals surface area contributed by atoms with E-state index in [0.717, 1.165) is 17.7 Å². The number of halogens is 2. The number of ether oxygens (including phenoxy) is 2. The summed E-state index contributed by atoms with van der Waals surface area (Å²) in [4.78, 5) is 4.96. The van der Waals surface area contributed by atoms with E-state index in [1.165, 1.54) is 17.4 Å². The van der Waals surface area contributed by atoms with E-state index in [-0.39, 0.29) is 11.9 Å². The maximum absolute atomic E-state index is 14.1. The van der Waals surface area contributed by atoms with Crippen molar-refractivity contribution in [2.75, 3.05) is 18.5 Å². The highest BCUT2D eigenvalue weighted by Crippen LogP contribution is 2.25. The molecule has 3 rings (SSSR count). The molecule has 0 amide bonds. The third kappa shape index (κ3) is 4.09. The zero-order valence-corrected chi connectivity index (χ0v) is 13.4. The van der Waals surface area contributed by atoms with Crippen molar-refractivity contribution in [3.8, 4) is 5.75 Å². The highest BCUT2D eigenvalue weighted by atomic mass is 35.5. The summed E-state index contributed by atoms with van der Waals surface area (Å²) in [5.41, 5.74) is 0.696. The number of hydrogen-bond donors (Lipinski definition) is 1. The van der Waals surface area contributed by atoms with E-state index < -0.39 is 0 Å². The highest BCUT2D eigenvalue weighted by Gasteiger charge is 2.17. The third-order valence-electron chi connectivity index (χ3n) is 3.39. The first-order valence-corrected chi connectivity index (χ1v) is 8.28. The molecular formula is C15H16ClFN2O2S. The van der Waals surface area contributed by atoms with Crippen LogP contribution in [0.5, 0.6) is 5.75 Å². The topological polar surface area (TPSA) is 43.4 Å². The second kappa shape index (κ2) is 7.26. The van der Waals surface area contributed by atoms with Crippen molar-refractivity contribution in [3.63, 3.8) is 0 Å². The number of nitrogens with one attached hydrogen (secondary N) is 1. The quantitative estimate of drug-likeness (QED) is 0.888. The van der Waals surface area contributed by atoms with Crippen molar-refractivity contribution >= 4 is 28.6 Å². The summed E-state index contributed by atoms with van der Waals surface area (Å²) >= 11 is 7.17. The Hall–Kier alpha value is -1.37. The summed E-state index contributed by atoms with van der Waals surface area (Å²) in [6.07, 6.45) is 3.33. The SMILES string of the molecule is Fc1cc(NCc2cnc(Cl)s2)ccc1OC1CCOCC1. The minimum absolute atomic E-state index is 0.0291. The van der Waals surface area contributed by atoms with Crippen LogP contribution >= 0.6 is 22.9 Å². The smallest absolute Gasteiger partial charge is 0.183 e. The number of anilines is 1. The van der Waals surface area contributed by atoms with Crippen LogP contribution in [0, 0.1) is 5.82 Å². The molecule has 0 radical (unpaired) electrons. The Morgan fingerprint density at radius 1 is 1.41 bits per heavy atom. The number of rotatable bonds is 5. The molecule has 1 saturated heterocycles. The molecule has 0 saturated carbocycles. The van der Waals surface area contributed by atoms with Gasteiger partial charge < -0.3 is 14.8 Å². The molecule has 1 aliphatic heterocycles. The Labute approximate surface area is 137 Å². The van der Waals surface area contributed by atoms with Crippen molar-refractivity contribution in [2.24, 2.45) is 0 Å². The summed E-state index contributed by atoms with van der Waals surface area (Å²) in [6, 6.07) is 4.91. The minimum atomic E-state index is -0.362. The molecule has 1 N–H and O–H groups in total. The lowest BCUT2D eigenvalue weighted by Gasteiger charge is -2.23. The van der Waals surface area contributed by atoms with E-state index in [1.54, 1.807) is 18.3 Å². The largest absolute Gasteiger partial charge is 0.487 e. The minimum Gasteiger partial charge on any atom is -0.487 e. The van der Waals surface area contributed by atoms with Crippen LogP contribution in [-0.2, 0) is 11.3 Å². The van der Waals surface area contributed by atoms with Crippen LogP contribution in [0.15, 0.2) is 24.4 Å². The van der Waals surface area contributed by atoms with Gasteiger partial charge in [0.05, 0.1) is 19.8 Å². The average molecular weight is 343 g/mol. The van der Waals surface area contributed by atoms with Crippen LogP contribution < -0.4 is 10.1 Å². The predicted molar refractivity (Wildman–Crippen MR) is 85.3 cm³/mol. The monoisotopic (exact) mass is 342 g/mol. The predicted octanol–water partition coefficient (Wildman–Crippen LogP) is 4.11. The van der Waals surface area contributed by atoms with E-state index in [9.17, 15) is 4.39 Å². The van der Waals surface area contributed by atoms with Crippen LogP contribution in [0.25, 0.3) is 0 Å². The Balaban J connectivity index is 1.58. The van der Waals surface area contributed by atoms with Crippen molar-refractivity contribution in [2.45, 2.75) is 25.5 Å². The maximum atomic E-state index is 14.1. The zero-order valence-electron chi connectivity index (χ0n) is 11.9. The Morgan fingerprint density at radius 3 is 2.91 bits per heavy atom. The molecule has 1 fully saturated rings. The average Bonchev–Trinajstić information content (AvgIpc) is 2.94. The van der Waals surface area contributed by atoms with Gasteiger partial charge >= 0.3 is 0 Å². The van der Waals surface area contributed by atoms with E-state index in [1.807, 2.05) is 0 Å². The molecule has 7 heteroatoms. The van der Waals surface area contributed by atoms with Gasteiger partial charge in [-0.1, -0.05) is 11.6 Å². The van der Waals surface area contributed by atoms with Gasteiger partial charge in [-0.2, -0.15) is 0 Å². The van der Waals surface area contributed by atoms with Crippen LogP contribution in [0.4, 0.5) is 10.1 Å². The lowest BCUT2D eigenvalue weighted by Crippen LogP contribution is -2.26.